The highest BCUT2D eigenvalue weighted by Gasteiger charge is 2.30. The van der Waals surface area contributed by atoms with Gasteiger partial charge in [-0.15, -0.1) is 0 Å². The lowest BCUT2D eigenvalue weighted by Crippen LogP contribution is -2.23. The first-order chi connectivity index (χ1) is 14.8. The Morgan fingerprint density at radius 3 is 2.16 bits per heavy atom. The number of hydrogen-bond donors (Lipinski definition) is 1. The molecule has 3 rings (SSSR count). The molecule has 0 fully saturated rings. The number of carbonyl (C=O) groups excluding carboxylic acids is 1. The van der Waals surface area contributed by atoms with Crippen molar-refractivity contribution in [1.82, 2.24) is 10.2 Å². The Morgan fingerprint density at radius 1 is 0.903 bits per heavy atom. The maximum absolute atomic E-state index is 12.8. The minimum Gasteiger partial charge on any atom is -0.455 e. The van der Waals surface area contributed by atoms with Crippen LogP contribution in [-0.4, -0.2) is 17.4 Å². The molecule has 0 spiro atoms. The molecule has 1 amide bonds. The van der Waals surface area contributed by atoms with Gasteiger partial charge in [0.25, 0.3) is 5.91 Å². The first-order valence-electron chi connectivity index (χ1n) is 10.1. The number of carbonyl (C=O) groups is 1. The number of amides is 1. The van der Waals surface area contributed by atoms with Crippen LogP contribution in [0.2, 0.25) is 0 Å². The van der Waals surface area contributed by atoms with E-state index in [1.807, 2.05) is 37.3 Å². The first kappa shape index (κ1) is 22.6. The van der Waals surface area contributed by atoms with Crippen molar-refractivity contribution < 1.29 is 22.4 Å². The molecule has 4 nitrogen and oxygen atoms in total. The Morgan fingerprint density at radius 2 is 1.55 bits per heavy atom. The van der Waals surface area contributed by atoms with Crippen LogP contribution in [0.4, 0.5) is 13.2 Å². The SMILES string of the molecule is CCCNC(=O)c1ccc(CN(Cc2ccccc2)Cc2ccc(C(F)(F)F)cc2)o1. The lowest BCUT2D eigenvalue weighted by atomic mass is 10.1. The summed E-state index contributed by atoms with van der Waals surface area (Å²) < 4.78 is 44.3. The van der Waals surface area contributed by atoms with Crippen LogP contribution >= 0.6 is 0 Å². The van der Waals surface area contributed by atoms with Crippen LogP contribution < -0.4 is 5.32 Å². The molecule has 7 heteroatoms. The van der Waals surface area contributed by atoms with E-state index in [1.54, 1.807) is 12.1 Å². The van der Waals surface area contributed by atoms with Gasteiger partial charge < -0.3 is 9.73 Å². The van der Waals surface area contributed by atoms with Crippen molar-refractivity contribution in [2.24, 2.45) is 0 Å². The van der Waals surface area contributed by atoms with E-state index in [9.17, 15) is 18.0 Å². The molecule has 1 heterocycles. The Hall–Kier alpha value is -3.06. The van der Waals surface area contributed by atoms with Gasteiger partial charge in [-0.2, -0.15) is 13.2 Å². The van der Waals surface area contributed by atoms with Crippen molar-refractivity contribution in [3.05, 3.63) is 94.9 Å². The molecule has 164 valence electrons. The number of halogens is 3. The van der Waals surface area contributed by atoms with E-state index < -0.39 is 11.7 Å². The number of nitrogens with zero attached hydrogens (tertiary/aromatic N) is 1. The number of nitrogens with one attached hydrogen (secondary N) is 1. The van der Waals surface area contributed by atoms with Crippen LogP contribution in [0.5, 0.6) is 0 Å². The predicted molar refractivity (Wildman–Crippen MR) is 112 cm³/mol. The molecule has 0 unspecified atom stereocenters. The van der Waals surface area contributed by atoms with Crippen LogP contribution in [0.3, 0.4) is 0 Å². The summed E-state index contributed by atoms with van der Waals surface area (Å²) in [6, 6.07) is 18.4. The van der Waals surface area contributed by atoms with Crippen molar-refractivity contribution in [2.45, 2.75) is 39.2 Å². The molecule has 0 radical (unpaired) electrons. The number of benzene rings is 2. The van der Waals surface area contributed by atoms with Crippen molar-refractivity contribution >= 4 is 5.91 Å². The van der Waals surface area contributed by atoms with Crippen LogP contribution in [0.15, 0.2) is 71.1 Å². The van der Waals surface area contributed by atoms with Crippen LogP contribution in [0.25, 0.3) is 0 Å². The minimum absolute atomic E-state index is 0.248. The van der Waals surface area contributed by atoms with Gasteiger partial charge in [0.2, 0.25) is 0 Å². The van der Waals surface area contributed by atoms with Gasteiger partial charge in [-0.25, -0.2) is 0 Å². The van der Waals surface area contributed by atoms with Gasteiger partial charge in [-0.3, -0.25) is 9.69 Å². The molecule has 0 saturated carbocycles. The lowest BCUT2D eigenvalue weighted by Gasteiger charge is -2.22. The molecule has 3 aromatic rings. The van der Waals surface area contributed by atoms with E-state index >= 15 is 0 Å². The Kier molecular flexibility index (Phi) is 7.52. The van der Waals surface area contributed by atoms with Crippen molar-refractivity contribution in [1.29, 1.82) is 0 Å². The summed E-state index contributed by atoms with van der Waals surface area (Å²) in [5.74, 6) is 0.604. The third kappa shape index (κ3) is 6.72. The highest BCUT2D eigenvalue weighted by atomic mass is 19.4. The summed E-state index contributed by atoms with van der Waals surface area (Å²) >= 11 is 0. The van der Waals surface area contributed by atoms with E-state index in [0.29, 0.717) is 31.9 Å². The van der Waals surface area contributed by atoms with E-state index in [1.165, 1.54) is 12.1 Å². The molecular formula is C24H25F3N2O2. The minimum atomic E-state index is -4.36. The van der Waals surface area contributed by atoms with Crippen LogP contribution in [0.1, 0.15) is 46.3 Å². The fourth-order valence-electron chi connectivity index (χ4n) is 3.20. The second-order valence-corrected chi connectivity index (χ2v) is 7.35. The summed E-state index contributed by atoms with van der Waals surface area (Å²) in [4.78, 5) is 14.1. The zero-order valence-corrected chi connectivity index (χ0v) is 17.3. The highest BCUT2D eigenvalue weighted by Crippen LogP contribution is 2.29. The number of alkyl halides is 3. The highest BCUT2D eigenvalue weighted by molar-refractivity contribution is 5.91. The molecule has 0 aliphatic rings. The maximum Gasteiger partial charge on any atom is 0.416 e. The second kappa shape index (κ2) is 10.3. The van der Waals surface area contributed by atoms with Crippen molar-refractivity contribution in [3.8, 4) is 0 Å². The van der Waals surface area contributed by atoms with Gasteiger partial charge in [-0.1, -0.05) is 49.4 Å². The zero-order valence-electron chi connectivity index (χ0n) is 17.3. The number of rotatable bonds is 9. The Balaban J connectivity index is 1.74. The molecule has 31 heavy (non-hydrogen) atoms. The molecule has 1 N–H and O–H groups in total. The van der Waals surface area contributed by atoms with E-state index in [0.717, 1.165) is 29.7 Å². The summed E-state index contributed by atoms with van der Waals surface area (Å²) in [7, 11) is 0. The van der Waals surface area contributed by atoms with Gasteiger partial charge >= 0.3 is 6.18 Å². The van der Waals surface area contributed by atoms with Gasteiger partial charge in [0.1, 0.15) is 5.76 Å². The smallest absolute Gasteiger partial charge is 0.416 e. The summed E-state index contributed by atoms with van der Waals surface area (Å²) in [5, 5.41) is 2.77. The average Bonchev–Trinajstić information content (AvgIpc) is 3.21. The van der Waals surface area contributed by atoms with Crippen LogP contribution in [0, 0.1) is 0 Å². The largest absolute Gasteiger partial charge is 0.455 e. The Bertz CT molecular complexity index is 966. The van der Waals surface area contributed by atoms with E-state index in [-0.39, 0.29) is 11.7 Å². The summed E-state index contributed by atoms with van der Waals surface area (Å²) in [6.45, 7) is 3.97. The molecule has 2 aromatic carbocycles. The average molecular weight is 430 g/mol. The van der Waals surface area contributed by atoms with Crippen LogP contribution in [-0.2, 0) is 25.8 Å². The fourth-order valence-corrected chi connectivity index (χ4v) is 3.20. The summed E-state index contributed by atoms with van der Waals surface area (Å²) in [6.07, 6.45) is -3.53. The standard InChI is InChI=1S/C24H25F3N2O2/c1-2-14-28-23(30)22-13-12-21(31-22)17-29(15-18-6-4-3-5-7-18)16-19-8-10-20(11-9-19)24(25,26)27/h3-13H,2,14-17H2,1H3,(H,28,30). The van der Waals surface area contributed by atoms with Gasteiger partial charge in [-0.05, 0) is 41.8 Å². The molecular weight excluding hydrogens is 405 g/mol. The molecule has 0 aliphatic heterocycles. The zero-order chi connectivity index (χ0) is 22.3. The molecule has 1 aromatic heterocycles. The van der Waals surface area contributed by atoms with E-state index in [2.05, 4.69) is 10.2 Å². The normalized spacial score (nSPS) is 11.6. The third-order valence-electron chi connectivity index (χ3n) is 4.74. The van der Waals surface area contributed by atoms with E-state index in [4.69, 9.17) is 4.42 Å². The van der Waals surface area contributed by atoms with Gasteiger partial charge in [0.15, 0.2) is 5.76 Å². The molecule has 0 bridgehead atoms. The second-order valence-electron chi connectivity index (χ2n) is 7.35. The molecule has 0 aliphatic carbocycles. The Labute approximate surface area is 179 Å². The quantitative estimate of drug-likeness (QED) is 0.478. The van der Waals surface area contributed by atoms with Crippen molar-refractivity contribution in [3.63, 3.8) is 0 Å². The van der Waals surface area contributed by atoms with Gasteiger partial charge in [0.05, 0.1) is 12.1 Å². The topological polar surface area (TPSA) is 45.5 Å². The molecule has 0 saturated heterocycles. The summed E-state index contributed by atoms with van der Waals surface area (Å²) in [5.41, 5.74) is 1.16. The number of hydrogen-bond acceptors (Lipinski definition) is 3. The molecule has 0 atom stereocenters. The third-order valence-corrected chi connectivity index (χ3v) is 4.74. The first-order valence-corrected chi connectivity index (χ1v) is 10.1. The van der Waals surface area contributed by atoms with Gasteiger partial charge in [0, 0.05) is 19.6 Å². The van der Waals surface area contributed by atoms with Crippen molar-refractivity contribution in [2.75, 3.05) is 6.54 Å². The fraction of sp³-hybridized carbons (Fsp3) is 0.292. The maximum atomic E-state index is 12.8. The monoisotopic (exact) mass is 430 g/mol. The lowest BCUT2D eigenvalue weighted by molar-refractivity contribution is -0.137. The predicted octanol–water partition coefficient (Wildman–Crippen LogP) is 5.64. The number of furan rings is 1.